The number of nitrogens with zero attached hydrogens (tertiary/aromatic N) is 3. The predicted octanol–water partition coefficient (Wildman–Crippen LogP) is 4.15. The van der Waals surface area contributed by atoms with Crippen LogP contribution in [0.2, 0.25) is 0 Å². The maximum Gasteiger partial charge on any atom is 0.227 e. The normalized spacial score (nSPS) is 20.5. The fourth-order valence-electron chi connectivity index (χ4n) is 4.37. The molecule has 2 fully saturated rings. The number of hydrogen-bond acceptors (Lipinski definition) is 4. The van der Waals surface area contributed by atoms with Crippen molar-refractivity contribution in [2.75, 3.05) is 43.4 Å². The predicted molar refractivity (Wildman–Crippen MR) is 114 cm³/mol. The molecule has 7 heteroatoms. The molecule has 0 unspecified atom stereocenters. The number of nitrogens with one attached hydrogen (secondary N) is 1. The summed E-state index contributed by atoms with van der Waals surface area (Å²) in [5.74, 6) is -0.0921. The molecule has 4 rings (SSSR count). The van der Waals surface area contributed by atoms with Crippen LogP contribution in [0.1, 0.15) is 26.2 Å². The van der Waals surface area contributed by atoms with Crippen molar-refractivity contribution in [2.45, 2.75) is 26.2 Å². The first-order valence-electron chi connectivity index (χ1n) is 10.6. The van der Waals surface area contributed by atoms with Gasteiger partial charge < -0.3 is 15.1 Å². The van der Waals surface area contributed by atoms with E-state index in [4.69, 9.17) is 0 Å². The zero-order chi connectivity index (χ0) is 21.3. The highest BCUT2D eigenvalue weighted by molar-refractivity contribution is 6.00. The summed E-state index contributed by atoms with van der Waals surface area (Å²) in [4.78, 5) is 22.0. The van der Waals surface area contributed by atoms with Crippen LogP contribution in [0.5, 0.6) is 0 Å². The van der Waals surface area contributed by atoms with E-state index in [2.05, 4.69) is 27.0 Å². The Morgan fingerprint density at radius 1 is 1.10 bits per heavy atom. The number of piperidine rings is 1. The Labute approximate surface area is 176 Å². The number of hydrogen-bond donors (Lipinski definition) is 1. The Kier molecular flexibility index (Phi) is 5.99. The van der Waals surface area contributed by atoms with Crippen molar-refractivity contribution in [3.63, 3.8) is 0 Å². The maximum absolute atomic E-state index is 14.6. The van der Waals surface area contributed by atoms with Gasteiger partial charge in [0.2, 0.25) is 5.91 Å². The van der Waals surface area contributed by atoms with Crippen LogP contribution in [0, 0.1) is 23.5 Å². The van der Waals surface area contributed by atoms with Crippen molar-refractivity contribution >= 4 is 17.4 Å². The minimum absolute atomic E-state index is 0.0809. The number of anilines is 2. The average molecular weight is 415 g/mol. The molecule has 2 saturated heterocycles. The van der Waals surface area contributed by atoms with Gasteiger partial charge in [-0.1, -0.05) is 6.92 Å². The highest BCUT2D eigenvalue weighted by atomic mass is 19.1. The molecule has 1 N–H and O–H groups in total. The molecular weight excluding hydrogens is 386 g/mol. The van der Waals surface area contributed by atoms with Crippen molar-refractivity contribution in [2.24, 2.45) is 11.8 Å². The largest absolute Gasteiger partial charge is 0.355 e. The molecule has 0 bridgehead atoms. The lowest BCUT2D eigenvalue weighted by Gasteiger charge is -2.29. The lowest BCUT2D eigenvalue weighted by atomic mass is 9.95. The lowest BCUT2D eigenvalue weighted by molar-refractivity contribution is -0.121. The van der Waals surface area contributed by atoms with E-state index < -0.39 is 11.6 Å². The van der Waals surface area contributed by atoms with Crippen molar-refractivity contribution < 1.29 is 13.6 Å². The van der Waals surface area contributed by atoms with E-state index in [-0.39, 0.29) is 17.4 Å². The molecule has 1 aromatic heterocycles. The quantitative estimate of drug-likeness (QED) is 0.817. The van der Waals surface area contributed by atoms with Crippen molar-refractivity contribution in [1.82, 2.24) is 9.88 Å². The summed E-state index contributed by atoms with van der Waals surface area (Å²) in [6, 6.07) is 5.03. The summed E-state index contributed by atoms with van der Waals surface area (Å²) >= 11 is 0. The topological polar surface area (TPSA) is 48.5 Å². The van der Waals surface area contributed by atoms with Crippen LogP contribution < -0.4 is 10.2 Å². The fourth-order valence-corrected chi connectivity index (χ4v) is 4.37. The first kappa shape index (κ1) is 20.7. The number of halogens is 2. The molecule has 160 valence electrons. The Balaban J connectivity index is 1.73. The van der Waals surface area contributed by atoms with Gasteiger partial charge in [-0.25, -0.2) is 13.8 Å². The first-order valence-corrected chi connectivity index (χ1v) is 10.6. The van der Waals surface area contributed by atoms with Gasteiger partial charge in [-0.2, -0.15) is 0 Å². The molecule has 1 amide bonds. The summed E-state index contributed by atoms with van der Waals surface area (Å²) in [5, 5.41) is 3.05. The van der Waals surface area contributed by atoms with Gasteiger partial charge in [-0.05, 0) is 69.6 Å². The third kappa shape index (κ3) is 4.31. The number of amides is 1. The van der Waals surface area contributed by atoms with Gasteiger partial charge in [0.1, 0.15) is 11.6 Å². The molecule has 0 aliphatic carbocycles. The third-order valence-corrected chi connectivity index (χ3v) is 6.21. The van der Waals surface area contributed by atoms with Gasteiger partial charge in [0.05, 0.1) is 5.69 Å². The molecule has 2 aliphatic rings. The van der Waals surface area contributed by atoms with E-state index in [0.29, 0.717) is 23.0 Å². The van der Waals surface area contributed by atoms with E-state index in [9.17, 15) is 13.6 Å². The molecule has 0 radical (unpaired) electrons. The second kappa shape index (κ2) is 8.68. The Bertz CT molecular complexity index is 927. The summed E-state index contributed by atoms with van der Waals surface area (Å²) in [6.45, 7) is 5.55. The summed E-state index contributed by atoms with van der Waals surface area (Å²) in [6.07, 6.45) is 4.19. The fraction of sp³-hybridized carbons (Fsp3) is 0.478. The van der Waals surface area contributed by atoms with Crippen molar-refractivity contribution in [3.8, 4) is 11.1 Å². The Morgan fingerprint density at radius 3 is 2.57 bits per heavy atom. The molecule has 0 saturated carbocycles. The Morgan fingerprint density at radius 2 is 1.87 bits per heavy atom. The number of likely N-dealkylation sites (tertiary alicyclic amines) is 1. The van der Waals surface area contributed by atoms with Crippen LogP contribution >= 0.6 is 0 Å². The maximum atomic E-state index is 14.6. The molecule has 2 aliphatic heterocycles. The minimum Gasteiger partial charge on any atom is -0.355 e. The van der Waals surface area contributed by atoms with Crippen LogP contribution in [0.15, 0.2) is 30.5 Å². The van der Waals surface area contributed by atoms with Gasteiger partial charge in [-0.15, -0.1) is 0 Å². The van der Waals surface area contributed by atoms with E-state index in [0.717, 1.165) is 57.6 Å². The second-order valence-corrected chi connectivity index (χ2v) is 8.59. The summed E-state index contributed by atoms with van der Waals surface area (Å²) < 4.78 is 28.5. The molecule has 30 heavy (non-hydrogen) atoms. The molecule has 1 atom stereocenters. The number of carbonyl (C=O) groups is 1. The van der Waals surface area contributed by atoms with Crippen LogP contribution in [0.25, 0.3) is 11.1 Å². The van der Waals surface area contributed by atoms with Crippen LogP contribution in [0.3, 0.4) is 0 Å². The van der Waals surface area contributed by atoms with Gasteiger partial charge in [0, 0.05) is 36.3 Å². The smallest absolute Gasteiger partial charge is 0.227 e. The number of aromatic nitrogens is 1. The number of rotatable bonds is 4. The van der Waals surface area contributed by atoms with Gasteiger partial charge in [0.25, 0.3) is 0 Å². The van der Waals surface area contributed by atoms with Gasteiger partial charge >= 0.3 is 0 Å². The zero-order valence-corrected chi connectivity index (χ0v) is 17.5. The number of carbonyl (C=O) groups excluding carboxylic acids is 1. The van der Waals surface area contributed by atoms with Crippen molar-refractivity contribution in [3.05, 3.63) is 42.1 Å². The second-order valence-electron chi connectivity index (χ2n) is 8.59. The summed E-state index contributed by atoms with van der Waals surface area (Å²) in [7, 11) is 2.05. The van der Waals surface area contributed by atoms with E-state index in [1.165, 1.54) is 6.07 Å². The van der Waals surface area contributed by atoms with Crippen molar-refractivity contribution in [1.29, 1.82) is 0 Å². The van der Waals surface area contributed by atoms with Crippen LogP contribution in [-0.4, -0.2) is 49.0 Å². The molecule has 2 aromatic rings. The molecular formula is C23H28F2N4O. The van der Waals surface area contributed by atoms with E-state index in [1.54, 1.807) is 12.3 Å². The minimum atomic E-state index is -0.530. The lowest BCUT2D eigenvalue weighted by Crippen LogP contribution is -2.36. The Hall–Kier alpha value is -2.54. The standard InChI is InChI=1S/C23H28F2N4O/c1-15-6-12-29(14-15)22-21(27-23(30)16-7-10-28(2)11-8-16)18(5-9-26-22)19-13-17(24)3-4-20(19)25/h3-5,9,13,15-16H,6-8,10-12,14H2,1-2H3,(H,27,30)/t15-/m0/s1. The van der Waals surface area contributed by atoms with Crippen LogP contribution in [0.4, 0.5) is 20.3 Å². The number of benzene rings is 1. The SMILES string of the molecule is C[C@H]1CCN(c2nccc(-c3cc(F)ccc3F)c2NC(=O)C2CCN(C)CC2)C1. The van der Waals surface area contributed by atoms with Crippen LogP contribution in [-0.2, 0) is 4.79 Å². The zero-order valence-electron chi connectivity index (χ0n) is 17.5. The third-order valence-electron chi connectivity index (χ3n) is 6.21. The highest BCUT2D eigenvalue weighted by Gasteiger charge is 2.28. The highest BCUT2D eigenvalue weighted by Crippen LogP contribution is 2.38. The molecule has 5 nitrogen and oxygen atoms in total. The van der Waals surface area contributed by atoms with E-state index >= 15 is 0 Å². The number of pyridine rings is 1. The molecule has 3 heterocycles. The molecule has 0 spiro atoms. The summed E-state index contributed by atoms with van der Waals surface area (Å²) in [5.41, 5.74) is 1.06. The van der Waals surface area contributed by atoms with E-state index in [1.807, 2.05) is 7.05 Å². The first-order chi connectivity index (χ1) is 14.4. The van der Waals surface area contributed by atoms with Gasteiger partial charge in [0.15, 0.2) is 5.82 Å². The monoisotopic (exact) mass is 414 g/mol. The average Bonchev–Trinajstić information content (AvgIpc) is 3.16. The molecule has 1 aromatic carbocycles. The van der Waals surface area contributed by atoms with Gasteiger partial charge in [-0.3, -0.25) is 4.79 Å².